The summed E-state index contributed by atoms with van der Waals surface area (Å²) in [6.07, 6.45) is 1.06. The van der Waals surface area contributed by atoms with Crippen LogP contribution in [0.5, 0.6) is 0 Å². The molecule has 1 aromatic heterocycles. The number of aromatic nitrogens is 2. The van der Waals surface area contributed by atoms with Gasteiger partial charge < -0.3 is 15.5 Å². The molecule has 2 rings (SSSR count). The fraction of sp³-hybridized carbons (Fsp3) is 0.500. The van der Waals surface area contributed by atoms with Gasteiger partial charge in [-0.25, -0.2) is 4.98 Å². The molecule has 136 valence electrons. The lowest BCUT2D eigenvalue weighted by Gasteiger charge is -2.19. The highest BCUT2D eigenvalue weighted by Crippen LogP contribution is 2.24. The zero-order chi connectivity index (χ0) is 18.4. The van der Waals surface area contributed by atoms with Crippen LogP contribution >= 0.6 is 0 Å². The van der Waals surface area contributed by atoms with Gasteiger partial charge in [0.25, 0.3) is 0 Å². The second-order valence-electron chi connectivity index (χ2n) is 7.75. The van der Waals surface area contributed by atoms with Gasteiger partial charge in [0.15, 0.2) is 0 Å². The Bertz CT molecular complexity index is 671. The largest absolute Gasteiger partial charge is 0.354 e. The molecule has 2 aromatic rings. The van der Waals surface area contributed by atoms with Gasteiger partial charge in [-0.05, 0) is 57.1 Å². The van der Waals surface area contributed by atoms with Crippen molar-refractivity contribution in [1.82, 2.24) is 14.9 Å². The molecule has 25 heavy (non-hydrogen) atoms. The van der Waals surface area contributed by atoms with Crippen LogP contribution in [0, 0.1) is 6.92 Å². The van der Waals surface area contributed by atoms with Crippen molar-refractivity contribution >= 4 is 17.5 Å². The van der Waals surface area contributed by atoms with E-state index in [4.69, 9.17) is 0 Å². The number of hydrogen-bond donors (Lipinski definition) is 2. The van der Waals surface area contributed by atoms with Crippen LogP contribution in [0.15, 0.2) is 30.3 Å². The van der Waals surface area contributed by atoms with E-state index in [1.54, 1.807) is 0 Å². The molecule has 0 amide bonds. The van der Waals surface area contributed by atoms with E-state index in [2.05, 4.69) is 84.6 Å². The van der Waals surface area contributed by atoms with Crippen LogP contribution in [0.25, 0.3) is 0 Å². The first-order chi connectivity index (χ1) is 11.7. The van der Waals surface area contributed by atoms with E-state index in [1.165, 1.54) is 5.56 Å². The average Bonchev–Trinajstić information content (AvgIpc) is 2.50. The minimum absolute atomic E-state index is 0.160. The fourth-order valence-electron chi connectivity index (χ4n) is 2.51. The SMILES string of the molecule is Cc1cc(Nc2ccc(C(C)(C)C)cc2)nc(NCCCN(C)C)n1. The molecule has 5 heteroatoms. The number of aryl methyl sites for hydroxylation is 1. The molecule has 1 aromatic carbocycles. The molecule has 0 saturated heterocycles. The fourth-order valence-corrected chi connectivity index (χ4v) is 2.51. The molecule has 2 N–H and O–H groups in total. The Morgan fingerprint density at radius 3 is 2.32 bits per heavy atom. The molecule has 0 spiro atoms. The topological polar surface area (TPSA) is 53.1 Å². The van der Waals surface area contributed by atoms with Crippen molar-refractivity contribution in [2.75, 3.05) is 37.8 Å². The van der Waals surface area contributed by atoms with Crippen molar-refractivity contribution in [3.05, 3.63) is 41.6 Å². The molecule has 1 heterocycles. The Labute approximate surface area is 151 Å². The van der Waals surface area contributed by atoms with E-state index in [-0.39, 0.29) is 5.41 Å². The number of hydrogen-bond acceptors (Lipinski definition) is 5. The first kappa shape index (κ1) is 19.2. The Kier molecular flexibility index (Phi) is 6.37. The molecule has 5 nitrogen and oxygen atoms in total. The third kappa shape index (κ3) is 6.35. The highest BCUT2D eigenvalue weighted by molar-refractivity contribution is 5.58. The average molecular weight is 342 g/mol. The second-order valence-corrected chi connectivity index (χ2v) is 7.75. The van der Waals surface area contributed by atoms with Gasteiger partial charge in [0, 0.05) is 24.0 Å². The molecule has 0 atom stereocenters. The van der Waals surface area contributed by atoms with Crippen molar-refractivity contribution < 1.29 is 0 Å². The Balaban J connectivity index is 2.02. The zero-order valence-electron chi connectivity index (χ0n) is 16.3. The van der Waals surface area contributed by atoms with Gasteiger partial charge in [-0.2, -0.15) is 4.98 Å². The Hall–Kier alpha value is -2.14. The molecular weight excluding hydrogens is 310 g/mol. The summed E-state index contributed by atoms with van der Waals surface area (Å²) < 4.78 is 0. The van der Waals surface area contributed by atoms with Crippen LogP contribution in [0.1, 0.15) is 38.4 Å². The number of benzene rings is 1. The van der Waals surface area contributed by atoms with Gasteiger partial charge in [-0.3, -0.25) is 0 Å². The minimum atomic E-state index is 0.160. The van der Waals surface area contributed by atoms with Crippen LogP contribution in [0.3, 0.4) is 0 Å². The van der Waals surface area contributed by atoms with Crippen LogP contribution < -0.4 is 10.6 Å². The summed E-state index contributed by atoms with van der Waals surface area (Å²) in [5.41, 5.74) is 3.46. The monoisotopic (exact) mass is 341 g/mol. The lowest BCUT2D eigenvalue weighted by molar-refractivity contribution is 0.405. The molecule has 0 saturated carbocycles. The first-order valence-electron chi connectivity index (χ1n) is 8.86. The van der Waals surface area contributed by atoms with Crippen LogP contribution in [0.2, 0.25) is 0 Å². The van der Waals surface area contributed by atoms with Crippen molar-refractivity contribution in [3.8, 4) is 0 Å². The van der Waals surface area contributed by atoms with Crippen molar-refractivity contribution in [3.63, 3.8) is 0 Å². The maximum atomic E-state index is 4.57. The summed E-state index contributed by atoms with van der Waals surface area (Å²) in [6.45, 7) is 10.6. The molecular formula is C20H31N5. The summed E-state index contributed by atoms with van der Waals surface area (Å²) in [4.78, 5) is 11.2. The number of nitrogens with one attached hydrogen (secondary N) is 2. The predicted molar refractivity (Wildman–Crippen MR) is 107 cm³/mol. The molecule has 0 aliphatic heterocycles. The maximum absolute atomic E-state index is 4.57. The molecule has 0 fully saturated rings. The highest BCUT2D eigenvalue weighted by atomic mass is 15.1. The summed E-state index contributed by atoms with van der Waals surface area (Å²) in [5.74, 6) is 1.48. The Morgan fingerprint density at radius 1 is 1.04 bits per heavy atom. The minimum Gasteiger partial charge on any atom is -0.354 e. The number of rotatable bonds is 7. The van der Waals surface area contributed by atoms with Gasteiger partial charge in [-0.15, -0.1) is 0 Å². The van der Waals surface area contributed by atoms with E-state index >= 15 is 0 Å². The van der Waals surface area contributed by atoms with Crippen molar-refractivity contribution in [2.45, 2.75) is 39.5 Å². The smallest absolute Gasteiger partial charge is 0.224 e. The highest BCUT2D eigenvalue weighted by Gasteiger charge is 2.13. The number of anilines is 3. The predicted octanol–water partition coefficient (Wildman–Crippen LogP) is 4.19. The van der Waals surface area contributed by atoms with E-state index in [9.17, 15) is 0 Å². The summed E-state index contributed by atoms with van der Waals surface area (Å²) in [7, 11) is 4.16. The van der Waals surface area contributed by atoms with Crippen molar-refractivity contribution in [2.24, 2.45) is 0 Å². The molecule has 0 radical (unpaired) electrons. The normalized spacial score (nSPS) is 11.6. The molecule has 0 aliphatic rings. The van der Waals surface area contributed by atoms with Crippen LogP contribution in [0.4, 0.5) is 17.5 Å². The summed E-state index contributed by atoms with van der Waals surface area (Å²) in [6, 6.07) is 10.5. The van der Waals surface area contributed by atoms with E-state index in [0.717, 1.165) is 36.7 Å². The summed E-state index contributed by atoms with van der Waals surface area (Å²) in [5, 5.41) is 6.68. The third-order valence-corrected chi connectivity index (χ3v) is 3.94. The summed E-state index contributed by atoms with van der Waals surface area (Å²) >= 11 is 0. The van der Waals surface area contributed by atoms with Gasteiger partial charge in [0.1, 0.15) is 5.82 Å². The van der Waals surface area contributed by atoms with Gasteiger partial charge in [0.05, 0.1) is 0 Å². The standard InChI is InChI=1S/C20H31N5/c1-15-14-18(24-19(22-15)21-12-7-13-25(5)6)23-17-10-8-16(9-11-17)20(2,3)4/h8-11,14H,7,12-13H2,1-6H3,(H2,21,22,23,24). The lowest BCUT2D eigenvalue weighted by Crippen LogP contribution is -2.17. The molecule has 0 unspecified atom stereocenters. The molecule has 0 bridgehead atoms. The van der Waals surface area contributed by atoms with Gasteiger partial charge in [0.2, 0.25) is 5.95 Å². The molecule has 0 aliphatic carbocycles. The van der Waals surface area contributed by atoms with E-state index in [1.807, 2.05) is 13.0 Å². The lowest BCUT2D eigenvalue weighted by atomic mass is 9.87. The Morgan fingerprint density at radius 2 is 1.72 bits per heavy atom. The van der Waals surface area contributed by atoms with Gasteiger partial charge >= 0.3 is 0 Å². The first-order valence-corrected chi connectivity index (χ1v) is 8.86. The van der Waals surface area contributed by atoms with Crippen molar-refractivity contribution in [1.29, 1.82) is 0 Å². The quantitative estimate of drug-likeness (QED) is 0.740. The second kappa shape index (κ2) is 8.30. The number of nitrogens with zero attached hydrogens (tertiary/aromatic N) is 3. The zero-order valence-corrected chi connectivity index (χ0v) is 16.3. The third-order valence-electron chi connectivity index (χ3n) is 3.94. The van der Waals surface area contributed by atoms with Crippen LogP contribution in [-0.2, 0) is 5.41 Å². The van der Waals surface area contributed by atoms with E-state index < -0.39 is 0 Å². The maximum Gasteiger partial charge on any atom is 0.224 e. The van der Waals surface area contributed by atoms with Crippen LogP contribution in [-0.4, -0.2) is 42.1 Å². The van der Waals surface area contributed by atoms with E-state index in [0.29, 0.717) is 5.95 Å². The van der Waals surface area contributed by atoms with Gasteiger partial charge in [-0.1, -0.05) is 32.9 Å².